The van der Waals surface area contributed by atoms with Crippen molar-refractivity contribution in [2.45, 2.75) is 45.7 Å². The molecule has 0 atom stereocenters. The maximum Gasteiger partial charge on any atom is 0.242 e. The second-order valence-electron chi connectivity index (χ2n) is 7.98. The predicted octanol–water partition coefficient (Wildman–Crippen LogP) is 4.25. The van der Waals surface area contributed by atoms with Gasteiger partial charge in [-0.2, -0.15) is 0 Å². The first kappa shape index (κ1) is 22.5. The molecule has 0 bridgehead atoms. The normalized spacial score (nSPS) is 13.7. The Kier molecular flexibility index (Phi) is 8.46. The van der Waals surface area contributed by atoms with Crippen molar-refractivity contribution in [3.8, 4) is 0 Å². The van der Waals surface area contributed by atoms with Gasteiger partial charge in [0, 0.05) is 42.5 Å². The fourth-order valence-electron chi connectivity index (χ4n) is 3.64. The molecule has 0 saturated heterocycles. The number of hydrogen-bond acceptors (Lipinski definition) is 4. The number of rotatable bonds is 11. The van der Waals surface area contributed by atoms with Gasteiger partial charge in [-0.05, 0) is 43.9 Å². The summed E-state index contributed by atoms with van der Waals surface area (Å²) in [5.41, 5.74) is 1.09. The number of nitrogens with zero attached hydrogens (tertiary/aromatic N) is 2. The van der Waals surface area contributed by atoms with Crippen LogP contribution in [-0.4, -0.2) is 48.4 Å². The highest BCUT2D eigenvalue weighted by molar-refractivity contribution is 7.11. The lowest BCUT2D eigenvalue weighted by Gasteiger charge is -2.33. The van der Waals surface area contributed by atoms with Gasteiger partial charge in [0.15, 0.2) is 0 Å². The number of aryl methyl sites for hydroxylation is 1. The van der Waals surface area contributed by atoms with E-state index < -0.39 is 0 Å². The van der Waals surface area contributed by atoms with E-state index in [2.05, 4.69) is 19.1 Å². The van der Waals surface area contributed by atoms with Gasteiger partial charge in [0.2, 0.25) is 11.8 Å². The van der Waals surface area contributed by atoms with Crippen LogP contribution in [0.1, 0.15) is 41.0 Å². The number of benzene rings is 1. The average Bonchev–Trinajstić information content (AvgIpc) is 3.11. The van der Waals surface area contributed by atoms with E-state index in [0.29, 0.717) is 26.2 Å². The molecule has 1 aliphatic carbocycles. The van der Waals surface area contributed by atoms with Gasteiger partial charge in [0.25, 0.3) is 0 Å². The molecule has 5 nitrogen and oxygen atoms in total. The first-order valence-electron chi connectivity index (χ1n) is 10.7. The maximum atomic E-state index is 13.3. The third kappa shape index (κ3) is 6.41. The van der Waals surface area contributed by atoms with Crippen molar-refractivity contribution in [1.29, 1.82) is 0 Å². The standard InChI is InChI=1S/C24H32N2O3S/c1-19-12-13-22(30-19)17-26(16-20-8-4-3-5-9-20)23(27)18-25(14-7-15-29-2)24(28)21-10-6-11-21/h3-5,8-9,12-13,21H,6-7,10-11,14-18H2,1-2H3. The SMILES string of the molecule is COCCCN(CC(=O)N(Cc1ccccc1)Cc1ccc(C)s1)C(=O)C1CCC1. The highest BCUT2D eigenvalue weighted by atomic mass is 32.1. The molecule has 1 fully saturated rings. The topological polar surface area (TPSA) is 49.9 Å². The summed E-state index contributed by atoms with van der Waals surface area (Å²) in [6.07, 6.45) is 3.73. The smallest absolute Gasteiger partial charge is 0.242 e. The summed E-state index contributed by atoms with van der Waals surface area (Å²) < 4.78 is 5.15. The summed E-state index contributed by atoms with van der Waals surface area (Å²) >= 11 is 1.71. The van der Waals surface area contributed by atoms with E-state index in [1.54, 1.807) is 23.3 Å². The lowest BCUT2D eigenvalue weighted by atomic mass is 9.84. The molecular weight excluding hydrogens is 396 g/mol. The summed E-state index contributed by atoms with van der Waals surface area (Å²) in [7, 11) is 1.66. The Labute approximate surface area is 183 Å². The Hall–Kier alpha value is -2.18. The van der Waals surface area contributed by atoms with Crippen LogP contribution in [0.15, 0.2) is 42.5 Å². The minimum absolute atomic E-state index is 0.00463. The zero-order valence-corrected chi connectivity index (χ0v) is 18.8. The zero-order chi connectivity index (χ0) is 21.3. The molecule has 2 aromatic rings. The van der Waals surface area contributed by atoms with E-state index in [0.717, 1.165) is 36.1 Å². The van der Waals surface area contributed by atoms with E-state index >= 15 is 0 Å². The molecular formula is C24H32N2O3S. The van der Waals surface area contributed by atoms with Crippen LogP contribution in [0.2, 0.25) is 0 Å². The predicted molar refractivity (Wildman–Crippen MR) is 120 cm³/mol. The van der Waals surface area contributed by atoms with Crippen LogP contribution in [-0.2, 0) is 27.4 Å². The molecule has 1 saturated carbocycles. The van der Waals surface area contributed by atoms with Gasteiger partial charge in [-0.3, -0.25) is 9.59 Å². The van der Waals surface area contributed by atoms with Crippen molar-refractivity contribution in [2.75, 3.05) is 26.8 Å². The summed E-state index contributed by atoms with van der Waals surface area (Å²) in [5, 5.41) is 0. The molecule has 0 N–H and O–H groups in total. The first-order chi connectivity index (χ1) is 14.6. The van der Waals surface area contributed by atoms with E-state index in [1.165, 1.54) is 4.88 Å². The number of thiophene rings is 1. The van der Waals surface area contributed by atoms with Gasteiger partial charge >= 0.3 is 0 Å². The van der Waals surface area contributed by atoms with Gasteiger partial charge in [0.05, 0.1) is 13.1 Å². The number of amides is 2. The van der Waals surface area contributed by atoms with Crippen molar-refractivity contribution < 1.29 is 14.3 Å². The minimum Gasteiger partial charge on any atom is -0.385 e. The molecule has 0 spiro atoms. The number of methoxy groups -OCH3 is 1. The number of ether oxygens (including phenoxy) is 1. The molecule has 0 unspecified atom stereocenters. The Morgan fingerprint density at radius 2 is 1.83 bits per heavy atom. The molecule has 1 heterocycles. The minimum atomic E-state index is -0.00463. The van der Waals surface area contributed by atoms with Crippen molar-refractivity contribution in [3.63, 3.8) is 0 Å². The summed E-state index contributed by atoms with van der Waals surface area (Å²) in [4.78, 5) is 32.3. The van der Waals surface area contributed by atoms with Crippen LogP contribution in [0.25, 0.3) is 0 Å². The summed E-state index contributed by atoms with van der Waals surface area (Å²) in [6, 6.07) is 14.2. The third-order valence-corrected chi connectivity index (χ3v) is 6.57. The number of carbonyl (C=O) groups excluding carboxylic acids is 2. The Morgan fingerprint density at radius 3 is 2.43 bits per heavy atom. The van der Waals surface area contributed by atoms with E-state index in [4.69, 9.17) is 4.74 Å². The molecule has 162 valence electrons. The fraction of sp³-hybridized carbons (Fsp3) is 0.500. The van der Waals surface area contributed by atoms with E-state index in [-0.39, 0.29) is 24.3 Å². The maximum absolute atomic E-state index is 13.3. The second-order valence-corrected chi connectivity index (χ2v) is 9.35. The van der Waals surface area contributed by atoms with Crippen LogP contribution >= 0.6 is 11.3 Å². The van der Waals surface area contributed by atoms with Crippen molar-refractivity contribution in [1.82, 2.24) is 9.80 Å². The molecule has 1 aliphatic rings. The molecule has 1 aromatic carbocycles. The van der Waals surface area contributed by atoms with Crippen molar-refractivity contribution >= 4 is 23.2 Å². The molecule has 6 heteroatoms. The van der Waals surface area contributed by atoms with Crippen LogP contribution in [0.3, 0.4) is 0 Å². The van der Waals surface area contributed by atoms with Gasteiger partial charge < -0.3 is 14.5 Å². The lowest BCUT2D eigenvalue weighted by Crippen LogP contribution is -2.46. The largest absolute Gasteiger partial charge is 0.385 e. The van der Waals surface area contributed by atoms with Crippen molar-refractivity contribution in [2.24, 2.45) is 5.92 Å². The molecule has 0 aliphatic heterocycles. The van der Waals surface area contributed by atoms with Crippen LogP contribution in [0.5, 0.6) is 0 Å². The summed E-state index contributed by atoms with van der Waals surface area (Å²) in [6.45, 7) is 4.47. The molecule has 1 aromatic heterocycles. The fourth-order valence-corrected chi connectivity index (χ4v) is 4.54. The highest BCUT2D eigenvalue weighted by Crippen LogP contribution is 2.28. The van der Waals surface area contributed by atoms with E-state index in [1.807, 2.05) is 35.2 Å². The molecule has 30 heavy (non-hydrogen) atoms. The quantitative estimate of drug-likeness (QED) is 0.503. The highest BCUT2D eigenvalue weighted by Gasteiger charge is 2.31. The zero-order valence-electron chi connectivity index (χ0n) is 18.0. The Bertz CT molecular complexity index is 817. The van der Waals surface area contributed by atoms with Gasteiger partial charge in [0.1, 0.15) is 0 Å². The number of carbonyl (C=O) groups is 2. The molecule has 2 amide bonds. The Morgan fingerprint density at radius 1 is 1.07 bits per heavy atom. The number of hydrogen-bond donors (Lipinski definition) is 0. The second kappa shape index (κ2) is 11.3. The van der Waals surface area contributed by atoms with Gasteiger partial charge in [-0.15, -0.1) is 11.3 Å². The average molecular weight is 429 g/mol. The van der Waals surface area contributed by atoms with Crippen molar-refractivity contribution in [3.05, 3.63) is 57.8 Å². The Balaban J connectivity index is 1.71. The van der Waals surface area contributed by atoms with Crippen LogP contribution in [0, 0.1) is 12.8 Å². The summed E-state index contributed by atoms with van der Waals surface area (Å²) in [5.74, 6) is 0.204. The molecule has 3 rings (SSSR count). The van der Waals surface area contributed by atoms with Gasteiger partial charge in [-0.1, -0.05) is 36.8 Å². The third-order valence-electron chi connectivity index (χ3n) is 5.58. The van der Waals surface area contributed by atoms with Crippen LogP contribution in [0.4, 0.5) is 0 Å². The first-order valence-corrected chi connectivity index (χ1v) is 11.5. The van der Waals surface area contributed by atoms with Gasteiger partial charge in [-0.25, -0.2) is 0 Å². The van der Waals surface area contributed by atoms with Crippen LogP contribution < -0.4 is 0 Å². The lowest BCUT2D eigenvalue weighted by molar-refractivity contribution is -0.145. The monoisotopic (exact) mass is 428 g/mol. The van der Waals surface area contributed by atoms with E-state index in [9.17, 15) is 9.59 Å². The molecule has 0 radical (unpaired) electrons.